The van der Waals surface area contributed by atoms with Crippen molar-refractivity contribution < 1.29 is 33.6 Å². The van der Waals surface area contributed by atoms with Crippen molar-refractivity contribution in [3.63, 3.8) is 0 Å². The van der Waals surface area contributed by atoms with Gasteiger partial charge in [0.25, 0.3) is 11.7 Å². The van der Waals surface area contributed by atoms with Crippen LogP contribution in [-0.2, 0) is 14.3 Å². The van der Waals surface area contributed by atoms with Crippen molar-refractivity contribution in [2.24, 2.45) is 0 Å². The van der Waals surface area contributed by atoms with Crippen molar-refractivity contribution in [3.05, 3.63) is 59.2 Å². The van der Waals surface area contributed by atoms with Crippen molar-refractivity contribution >= 4 is 17.4 Å². The Morgan fingerprint density at radius 2 is 1.82 bits per heavy atom. The number of rotatable bonds is 6. The molecule has 1 atom stereocenters. The van der Waals surface area contributed by atoms with E-state index in [2.05, 4.69) is 4.90 Å². The van der Waals surface area contributed by atoms with Crippen molar-refractivity contribution in [2.75, 3.05) is 53.3 Å². The topological polar surface area (TPSA) is 97.8 Å². The minimum absolute atomic E-state index is 0.0235. The van der Waals surface area contributed by atoms with Crippen LogP contribution in [0.15, 0.2) is 48.0 Å². The van der Waals surface area contributed by atoms with E-state index in [9.17, 15) is 14.7 Å². The standard InChI is InChI=1S/C25H26N2O7/c1-31-18-5-3-2-4-17(18)22-21(23(28)16-6-7-19-20(14-16)34-15-33-19)24(29)25(30)27(22)9-8-26-10-12-32-13-11-26/h2-7,14,22,28H,8-13,15H2,1H3/b23-21+. The number of hydrogen-bond acceptors (Lipinski definition) is 8. The Morgan fingerprint density at radius 3 is 2.62 bits per heavy atom. The van der Waals surface area contributed by atoms with Gasteiger partial charge in [0, 0.05) is 37.3 Å². The molecule has 1 amide bonds. The molecule has 0 aliphatic carbocycles. The first-order valence-electron chi connectivity index (χ1n) is 11.2. The van der Waals surface area contributed by atoms with E-state index in [1.165, 1.54) is 12.0 Å². The zero-order chi connectivity index (χ0) is 23.7. The van der Waals surface area contributed by atoms with Gasteiger partial charge in [-0.25, -0.2) is 0 Å². The molecule has 34 heavy (non-hydrogen) atoms. The maximum atomic E-state index is 13.3. The lowest BCUT2D eigenvalue weighted by Gasteiger charge is -2.31. The van der Waals surface area contributed by atoms with Crippen LogP contribution in [0.25, 0.3) is 5.76 Å². The molecule has 2 saturated heterocycles. The maximum absolute atomic E-state index is 13.3. The molecule has 0 aromatic heterocycles. The molecule has 3 aliphatic rings. The summed E-state index contributed by atoms with van der Waals surface area (Å²) in [4.78, 5) is 30.2. The predicted octanol–water partition coefficient (Wildman–Crippen LogP) is 2.18. The number of fused-ring (bicyclic) bond motifs is 1. The SMILES string of the molecule is COc1ccccc1C1/C(=C(\O)c2ccc3c(c2)OCO3)C(=O)C(=O)N1CCN1CCOCC1. The number of para-hydroxylation sites is 1. The van der Waals surface area contributed by atoms with E-state index in [0.29, 0.717) is 54.7 Å². The second-order valence-corrected chi connectivity index (χ2v) is 8.26. The Labute approximate surface area is 197 Å². The van der Waals surface area contributed by atoms with Crippen molar-refractivity contribution in [1.29, 1.82) is 0 Å². The van der Waals surface area contributed by atoms with Gasteiger partial charge in [0.05, 0.1) is 31.9 Å². The van der Waals surface area contributed by atoms with Crippen molar-refractivity contribution in [3.8, 4) is 17.2 Å². The normalized spacial score (nSPS) is 21.8. The Bertz CT molecular complexity index is 1140. The Hall–Kier alpha value is -3.56. The predicted molar refractivity (Wildman–Crippen MR) is 122 cm³/mol. The van der Waals surface area contributed by atoms with E-state index in [1.807, 2.05) is 18.2 Å². The average Bonchev–Trinajstić information content (AvgIpc) is 3.45. The number of aliphatic hydroxyl groups excluding tert-OH is 1. The van der Waals surface area contributed by atoms with Gasteiger partial charge >= 0.3 is 0 Å². The Balaban J connectivity index is 1.56. The monoisotopic (exact) mass is 466 g/mol. The summed E-state index contributed by atoms with van der Waals surface area (Å²) in [6.07, 6.45) is 0. The second-order valence-electron chi connectivity index (χ2n) is 8.26. The molecule has 5 rings (SSSR count). The number of hydrogen-bond donors (Lipinski definition) is 1. The van der Waals surface area contributed by atoms with Gasteiger partial charge in [-0.1, -0.05) is 18.2 Å². The number of morpholine rings is 1. The van der Waals surface area contributed by atoms with Gasteiger partial charge in [-0.05, 0) is 24.3 Å². The first-order valence-corrected chi connectivity index (χ1v) is 11.2. The number of amides is 1. The summed E-state index contributed by atoms with van der Waals surface area (Å²) in [5.41, 5.74) is 1.03. The third-order valence-electron chi connectivity index (χ3n) is 6.38. The van der Waals surface area contributed by atoms with Crippen molar-refractivity contribution in [2.45, 2.75) is 6.04 Å². The minimum atomic E-state index is -0.789. The Kier molecular flexibility index (Phi) is 6.12. The molecule has 2 aromatic carbocycles. The van der Waals surface area contributed by atoms with Crippen LogP contribution in [0.2, 0.25) is 0 Å². The first-order chi connectivity index (χ1) is 16.6. The zero-order valence-electron chi connectivity index (χ0n) is 18.9. The summed E-state index contributed by atoms with van der Waals surface area (Å²) in [7, 11) is 1.54. The van der Waals surface area contributed by atoms with Gasteiger partial charge < -0.3 is 29.0 Å². The molecule has 9 nitrogen and oxygen atoms in total. The smallest absolute Gasteiger partial charge is 0.295 e. The van der Waals surface area contributed by atoms with Crippen LogP contribution in [-0.4, -0.2) is 79.9 Å². The van der Waals surface area contributed by atoms with Gasteiger partial charge in [0.2, 0.25) is 6.79 Å². The van der Waals surface area contributed by atoms with Gasteiger partial charge in [-0.2, -0.15) is 0 Å². The molecule has 0 bridgehead atoms. The van der Waals surface area contributed by atoms with E-state index in [1.54, 1.807) is 24.3 Å². The molecule has 2 aromatic rings. The van der Waals surface area contributed by atoms with E-state index < -0.39 is 17.7 Å². The number of ketones is 1. The van der Waals surface area contributed by atoms with Crippen molar-refractivity contribution in [1.82, 2.24) is 9.80 Å². The fourth-order valence-corrected chi connectivity index (χ4v) is 4.60. The van der Waals surface area contributed by atoms with Crippen LogP contribution in [0.4, 0.5) is 0 Å². The number of likely N-dealkylation sites (tertiary alicyclic amines) is 1. The number of nitrogens with zero attached hydrogens (tertiary/aromatic N) is 2. The average molecular weight is 466 g/mol. The molecule has 3 heterocycles. The maximum Gasteiger partial charge on any atom is 0.295 e. The van der Waals surface area contributed by atoms with Gasteiger partial charge in [-0.15, -0.1) is 0 Å². The van der Waals surface area contributed by atoms with E-state index >= 15 is 0 Å². The lowest BCUT2D eigenvalue weighted by Crippen LogP contribution is -2.42. The molecule has 178 valence electrons. The molecule has 9 heteroatoms. The van der Waals surface area contributed by atoms with Crippen LogP contribution in [0.1, 0.15) is 17.2 Å². The number of ether oxygens (including phenoxy) is 4. The highest BCUT2D eigenvalue weighted by Crippen LogP contribution is 2.43. The number of methoxy groups -OCH3 is 1. The Morgan fingerprint density at radius 1 is 1.06 bits per heavy atom. The van der Waals surface area contributed by atoms with E-state index in [4.69, 9.17) is 18.9 Å². The third kappa shape index (κ3) is 3.97. The number of carbonyl (C=O) groups excluding carboxylic acids is 2. The van der Waals surface area contributed by atoms with Gasteiger partial charge in [0.1, 0.15) is 11.5 Å². The van der Waals surface area contributed by atoms with Crippen LogP contribution in [0, 0.1) is 0 Å². The molecular formula is C25H26N2O7. The molecule has 1 N–H and O–H groups in total. The van der Waals surface area contributed by atoms with Crippen LogP contribution in [0.5, 0.6) is 17.2 Å². The van der Waals surface area contributed by atoms with E-state index in [-0.39, 0.29) is 18.1 Å². The highest BCUT2D eigenvalue weighted by Gasteiger charge is 2.47. The number of benzene rings is 2. The fourth-order valence-electron chi connectivity index (χ4n) is 4.60. The molecule has 0 saturated carbocycles. The van der Waals surface area contributed by atoms with Crippen LogP contribution >= 0.6 is 0 Å². The molecule has 2 fully saturated rings. The molecule has 0 radical (unpaired) electrons. The highest BCUT2D eigenvalue weighted by molar-refractivity contribution is 6.46. The molecule has 1 unspecified atom stereocenters. The van der Waals surface area contributed by atoms with E-state index in [0.717, 1.165) is 13.1 Å². The zero-order valence-corrected chi connectivity index (χ0v) is 18.9. The third-order valence-corrected chi connectivity index (χ3v) is 6.38. The first kappa shape index (κ1) is 22.2. The summed E-state index contributed by atoms with van der Waals surface area (Å²) in [5.74, 6) is -0.0773. The number of carbonyl (C=O) groups is 2. The molecule has 3 aliphatic heterocycles. The summed E-state index contributed by atoms with van der Waals surface area (Å²) in [6.45, 7) is 3.81. The largest absolute Gasteiger partial charge is 0.507 e. The number of aliphatic hydroxyl groups is 1. The second kappa shape index (κ2) is 9.36. The van der Waals surface area contributed by atoms with Crippen LogP contribution in [0.3, 0.4) is 0 Å². The highest BCUT2D eigenvalue weighted by atomic mass is 16.7. The number of Topliss-reactive ketones (excluding diaryl/α,β-unsaturated/α-hetero) is 1. The minimum Gasteiger partial charge on any atom is -0.507 e. The van der Waals surface area contributed by atoms with Gasteiger partial charge in [0.15, 0.2) is 11.5 Å². The quantitative estimate of drug-likeness (QED) is 0.393. The fraction of sp³-hybridized carbons (Fsp3) is 0.360. The lowest BCUT2D eigenvalue weighted by molar-refractivity contribution is -0.140. The van der Waals surface area contributed by atoms with Gasteiger partial charge in [-0.3, -0.25) is 14.5 Å². The summed E-state index contributed by atoms with van der Waals surface area (Å²) in [5, 5.41) is 11.3. The molecular weight excluding hydrogens is 440 g/mol. The molecule has 0 spiro atoms. The summed E-state index contributed by atoms with van der Waals surface area (Å²) in [6, 6.07) is 11.4. The summed E-state index contributed by atoms with van der Waals surface area (Å²) >= 11 is 0. The lowest BCUT2D eigenvalue weighted by atomic mass is 9.94. The van der Waals surface area contributed by atoms with Crippen LogP contribution < -0.4 is 14.2 Å². The summed E-state index contributed by atoms with van der Waals surface area (Å²) < 4.78 is 21.7.